The summed E-state index contributed by atoms with van der Waals surface area (Å²) in [4.78, 5) is 21.9. The average Bonchev–Trinajstić information content (AvgIpc) is 3.25. The molecule has 4 heteroatoms. The average molecular weight is 743 g/mol. The van der Waals surface area contributed by atoms with Crippen LogP contribution in [-0.4, -0.2) is 25.8 Å². The van der Waals surface area contributed by atoms with Gasteiger partial charge in [-0.25, -0.2) is 0 Å². The summed E-state index contributed by atoms with van der Waals surface area (Å²) in [6.45, 7) is 5.77. The fourth-order valence-corrected chi connectivity index (χ4v) is 6.09. The smallest absolute Gasteiger partial charge is 0.150 e. The predicted octanol–water partition coefficient (Wildman–Crippen LogP) is 13.9. The van der Waals surface area contributed by atoms with Crippen molar-refractivity contribution < 1.29 is 19.1 Å². The molecule has 4 nitrogen and oxygen atoms in total. The Balaban J connectivity index is 1.36. The maximum atomic E-state index is 11.0. The van der Waals surface area contributed by atoms with Crippen molar-refractivity contribution >= 4 is 61.2 Å². The first-order valence-corrected chi connectivity index (χ1v) is 20.0. The SMILES string of the molecule is CCCCCCOc1cc(/C=C/c2ccc(/C=C/c3ccc(C=O)cc3)cc2)c(OCCCCCC)cc1/C=C/c1ccc(/C=C/c2ccc(C=O)cc2)cc1. The van der Waals surface area contributed by atoms with Gasteiger partial charge in [-0.15, -0.1) is 0 Å². The quantitative estimate of drug-likeness (QED) is 0.0402. The third kappa shape index (κ3) is 13.7. The minimum atomic E-state index is 0.663. The number of unbranched alkanes of at least 4 members (excludes halogenated alkanes) is 6. The lowest BCUT2D eigenvalue weighted by molar-refractivity contribution is 0.111. The maximum Gasteiger partial charge on any atom is 0.150 e. The van der Waals surface area contributed by atoms with Crippen LogP contribution in [0, 0.1) is 0 Å². The van der Waals surface area contributed by atoms with Crippen molar-refractivity contribution in [1.82, 2.24) is 0 Å². The second-order valence-corrected chi connectivity index (χ2v) is 14.0. The fraction of sp³-hybridized carbons (Fsp3) is 0.231. The summed E-state index contributed by atoms with van der Waals surface area (Å²) < 4.78 is 13.0. The van der Waals surface area contributed by atoms with Crippen LogP contribution in [0.2, 0.25) is 0 Å². The summed E-state index contributed by atoms with van der Waals surface area (Å²) in [5.74, 6) is 1.69. The van der Waals surface area contributed by atoms with Gasteiger partial charge in [0.15, 0.2) is 0 Å². The molecule has 0 aliphatic rings. The zero-order valence-corrected chi connectivity index (χ0v) is 32.9. The van der Waals surface area contributed by atoms with Gasteiger partial charge in [0, 0.05) is 22.3 Å². The van der Waals surface area contributed by atoms with Gasteiger partial charge in [0.2, 0.25) is 0 Å². The third-order valence-corrected chi connectivity index (χ3v) is 9.52. The Morgan fingerprint density at radius 3 is 0.893 bits per heavy atom. The summed E-state index contributed by atoms with van der Waals surface area (Å²) in [5.41, 5.74) is 9.79. The van der Waals surface area contributed by atoms with E-state index < -0.39 is 0 Å². The lowest BCUT2D eigenvalue weighted by atomic mass is 10.0. The monoisotopic (exact) mass is 742 g/mol. The van der Waals surface area contributed by atoms with Gasteiger partial charge < -0.3 is 9.47 Å². The Morgan fingerprint density at radius 2 is 0.625 bits per heavy atom. The van der Waals surface area contributed by atoms with Crippen LogP contribution in [0.3, 0.4) is 0 Å². The Hall–Kier alpha value is -6.00. The van der Waals surface area contributed by atoms with Gasteiger partial charge in [-0.1, -0.05) is 198 Å². The van der Waals surface area contributed by atoms with Crippen molar-refractivity contribution in [3.8, 4) is 11.5 Å². The predicted molar refractivity (Wildman–Crippen MR) is 238 cm³/mol. The maximum absolute atomic E-state index is 11.0. The van der Waals surface area contributed by atoms with E-state index in [1.165, 1.54) is 25.7 Å². The molecule has 0 saturated heterocycles. The summed E-state index contributed by atoms with van der Waals surface area (Å²) in [6.07, 6.45) is 27.6. The van der Waals surface area contributed by atoms with Gasteiger partial charge >= 0.3 is 0 Å². The van der Waals surface area contributed by atoms with Gasteiger partial charge in [0.05, 0.1) is 13.2 Å². The number of benzene rings is 5. The van der Waals surface area contributed by atoms with Gasteiger partial charge in [-0.05, 0) is 58.4 Å². The molecule has 0 fully saturated rings. The standard InChI is InChI=1S/C52H54O4/c1-3-5-7-9-35-55-51-37-50(34-32-46-21-17-42(18-22-46)12-14-44-25-29-48(40-54)30-26-44)52(56-36-10-8-6-4-2)38-49(51)33-31-45-19-15-41(16-20-45)11-13-43-23-27-47(39-53)28-24-43/h11-34,37-40H,3-10,35-36H2,1-2H3/b13-11+,14-12+,33-31+,34-32+. The van der Waals surface area contributed by atoms with Crippen molar-refractivity contribution in [2.75, 3.05) is 13.2 Å². The fourth-order valence-electron chi connectivity index (χ4n) is 6.09. The Morgan fingerprint density at radius 1 is 0.357 bits per heavy atom. The molecule has 0 atom stereocenters. The topological polar surface area (TPSA) is 52.6 Å². The van der Waals surface area contributed by atoms with Crippen molar-refractivity contribution in [3.63, 3.8) is 0 Å². The molecule has 0 aliphatic heterocycles. The molecule has 0 spiro atoms. The minimum Gasteiger partial charge on any atom is -0.493 e. The van der Waals surface area contributed by atoms with Crippen molar-refractivity contribution in [1.29, 1.82) is 0 Å². The highest BCUT2D eigenvalue weighted by molar-refractivity contribution is 5.81. The molecule has 5 aromatic rings. The number of carbonyl (C=O) groups is 2. The van der Waals surface area contributed by atoms with Gasteiger partial charge in [0.1, 0.15) is 24.1 Å². The van der Waals surface area contributed by atoms with E-state index in [2.05, 4.69) is 123 Å². The zero-order chi connectivity index (χ0) is 39.2. The molecule has 286 valence electrons. The van der Waals surface area contributed by atoms with Crippen LogP contribution < -0.4 is 9.47 Å². The summed E-state index contributed by atoms with van der Waals surface area (Å²) in [5, 5.41) is 0. The zero-order valence-electron chi connectivity index (χ0n) is 32.9. The summed E-state index contributed by atoms with van der Waals surface area (Å²) in [6, 6.07) is 36.3. The molecule has 0 radical (unpaired) electrons. The van der Waals surface area contributed by atoms with E-state index in [-0.39, 0.29) is 0 Å². The van der Waals surface area contributed by atoms with Crippen LogP contribution in [0.1, 0.15) is 130 Å². The second-order valence-electron chi connectivity index (χ2n) is 14.0. The van der Waals surface area contributed by atoms with Crippen LogP contribution in [0.5, 0.6) is 11.5 Å². The van der Waals surface area contributed by atoms with E-state index in [0.29, 0.717) is 24.3 Å². The first kappa shape index (κ1) is 41.2. The first-order valence-electron chi connectivity index (χ1n) is 20.0. The number of aldehydes is 2. The molecule has 56 heavy (non-hydrogen) atoms. The molecule has 0 heterocycles. The van der Waals surface area contributed by atoms with Crippen molar-refractivity contribution in [2.24, 2.45) is 0 Å². The molecule has 0 N–H and O–H groups in total. The first-order chi connectivity index (χ1) is 27.6. The lowest BCUT2D eigenvalue weighted by Crippen LogP contribution is -2.03. The molecule has 0 aromatic heterocycles. The number of hydrogen-bond donors (Lipinski definition) is 0. The van der Waals surface area contributed by atoms with Crippen LogP contribution in [0.4, 0.5) is 0 Å². The Labute approximate surface area is 333 Å². The Bertz CT molecular complexity index is 1910. The van der Waals surface area contributed by atoms with E-state index in [9.17, 15) is 9.59 Å². The van der Waals surface area contributed by atoms with E-state index in [0.717, 1.165) is 94.3 Å². The number of ether oxygens (including phenoxy) is 2. The third-order valence-electron chi connectivity index (χ3n) is 9.52. The lowest BCUT2D eigenvalue weighted by Gasteiger charge is -2.15. The molecule has 0 aliphatic carbocycles. The van der Waals surface area contributed by atoms with Crippen molar-refractivity contribution in [3.05, 3.63) is 165 Å². The van der Waals surface area contributed by atoms with Crippen LogP contribution in [0.15, 0.2) is 109 Å². The number of hydrogen-bond acceptors (Lipinski definition) is 4. The molecule has 0 bridgehead atoms. The van der Waals surface area contributed by atoms with Crippen LogP contribution in [-0.2, 0) is 0 Å². The van der Waals surface area contributed by atoms with Crippen LogP contribution >= 0.6 is 0 Å². The van der Waals surface area contributed by atoms with E-state index in [4.69, 9.17) is 9.47 Å². The molecule has 0 amide bonds. The van der Waals surface area contributed by atoms with Gasteiger partial charge in [0.25, 0.3) is 0 Å². The van der Waals surface area contributed by atoms with E-state index in [1.54, 1.807) is 0 Å². The second kappa shape index (κ2) is 23.0. The molecule has 5 aromatic carbocycles. The highest BCUT2D eigenvalue weighted by Gasteiger charge is 2.11. The molecule has 0 unspecified atom stereocenters. The molecule has 5 rings (SSSR count). The summed E-state index contributed by atoms with van der Waals surface area (Å²) >= 11 is 0. The number of rotatable bonds is 22. The molecular weight excluding hydrogens is 689 g/mol. The van der Waals surface area contributed by atoms with Gasteiger partial charge in [-0.3, -0.25) is 9.59 Å². The van der Waals surface area contributed by atoms with Crippen LogP contribution in [0.25, 0.3) is 48.6 Å². The van der Waals surface area contributed by atoms with E-state index >= 15 is 0 Å². The summed E-state index contributed by atoms with van der Waals surface area (Å²) in [7, 11) is 0. The highest BCUT2D eigenvalue weighted by atomic mass is 16.5. The number of carbonyl (C=O) groups excluding carboxylic acids is 2. The Kier molecular flexibility index (Phi) is 16.9. The highest BCUT2D eigenvalue weighted by Crippen LogP contribution is 2.33. The normalized spacial score (nSPS) is 11.6. The van der Waals surface area contributed by atoms with Gasteiger partial charge in [-0.2, -0.15) is 0 Å². The van der Waals surface area contributed by atoms with Crippen molar-refractivity contribution in [2.45, 2.75) is 65.2 Å². The molecule has 0 saturated carbocycles. The van der Waals surface area contributed by atoms with E-state index in [1.807, 2.05) is 48.5 Å². The minimum absolute atomic E-state index is 0.663. The molecular formula is C52H54O4. The largest absolute Gasteiger partial charge is 0.493 e.